The zero-order valence-electron chi connectivity index (χ0n) is 16.3. The molecule has 2 atom stereocenters. The quantitative estimate of drug-likeness (QED) is 0.637. The summed E-state index contributed by atoms with van der Waals surface area (Å²) in [6.45, 7) is 0. The van der Waals surface area contributed by atoms with Gasteiger partial charge in [0.15, 0.2) is 0 Å². The van der Waals surface area contributed by atoms with Gasteiger partial charge in [-0.3, -0.25) is 4.98 Å². The van der Waals surface area contributed by atoms with Crippen LogP contribution in [-0.2, 0) is 16.2 Å². The molecule has 4 rings (SSSR count). The van der Waals surface area contributed by atoms with Gasteiger partial charge in [0, 0.05) is 30.0 Å². The summed E-state index contributed by atoms with van der Waals surface area (Å²) in [7, 11) is -4.18. The Morgan fingerprint density at radius 1 is 1.06 bits per heavy atom. The molecule has 0 unspecified atom stereocenters. The highest BCUT2D eigenvalue weighted by molar-refractivity contribution is 7.89. The molecule has 31 heavy (non-hydrogen) atoms. The van der Waals surface area contributed by atoms with Crippen LogP contribution in [0.2, 0.25) is 0 Å². The molecule has 1 fully saturated rings. The van der Waals surface area contributed by atoms with Crippen molar-refractivity contribution in [1.29, 1.82) is 0 Å². The molecule has 7 nitrogen and oxygen atoms in total. The highest BCUT2D eigenvalue weighted by Crippen LogP contribution is 2.35. The van der Waals surface area contributed by atoms with Gasteiger partial charge in [-0.05, 0) is 55.5 Å². The van der Waals surface area contributed by atoms with Crippen LogP contribution in [0.1, 0.15) is 37.3 Å². The fourth-order valence-corrected chi connectivity index (χ4v) is 5.20. The molecule has 1 aliphatic carbocycles. The van der Waals surface area contributed by atoms with Crippen LogP contribution in [0.25, 0.3) is 11.1 Å². The van der Waals surface area contributed by atoms with Crippen molar-refractivity contribution < 1.29 is 21.6 Å². The number of rotatable bonds is 5. The monoisotopic (exact) mass is 451 g/mol. The maximum atomic E-state index is 13.5. The van der Waals surface area contributed by atoms with Gasteiger partial charge in [0.1, 0.15) is 12.7 Å². The summed E-state index contributed by atoms with van der Waals surface area (Å²) in [5.74, 6) is 0. The van der Waals surface area contributed by atoms with Crippen LogP contribution in [0, 0.1) is 0 Å². The van der Waals surface area contributed by atoms with Crippen LogP contribution in [0.5, 0.6) is 0 Å². The third-order valence-corrected chi connectivity index (χ3v) is 6.87. The van der Waals surface area contributed by atoms with Crippen molar-refractivity contribution in [3.05, 3.63) is 60.9 Å². The van der Waals surface area contributed by atoms with Gasteiger partial charge in [0.2, 0.25) is 10.0 Å². The van der Waals surface area contributed by atoms with E-state index in [1.807, 2.05) is 4.57 Å². The lowest BCUT2D eigenvalue weighted by atomic mass is 9.91. The van der Waals surface area contributed by atoms with Crippen molar-refractivity contribution >= 4 is 10.0 Å². The summed E-state index contributed by atoms with van der Waals surface area (Å²) in [4.78, 5) is 3.49. The number of hydrogen-bond acceptors (Lipinski definition) is 5. The third kappa shape index (κ3) is 4.93. The zero-order chi connectivity index (χ0) is 22.1. The van der Waals surface area contributed by atoms with E-state index in [0.717, 1.165) is 18.9 Å². The Labute approximate surface area is 177 Å². The van der Waals surface area contributed by atoms with Gasteiger partial charge in [-0.15, -0.1) is 10.2 Å². The van der Waals surface area contributed by atoms with Gasteiger partial charge in [-0.25, -0.2) is 13.1 Å². The van der Waals surface area contributed by atoms with Gasteiger partial charge >= 0.3 is 6.18 Å². The number of pyridine rings is 1. The Morgan fingerprint density at radius 3 is 2.52 bits per heavy atom. The minimum atomic E-state index is -4.69. The highest BCUT2D eigenvalue weighted by Gasteiger charge is 2.34. The van der Waals surface area contributed by atoms with Gasteiger partial charge < -0.3 is 4.57 Å². The van der Waals surface area contributed by atoms with Crippen LogP contribution in [0.3, 0.4) is 0 Å². The van der Waals surface area contributed by atoms with Crippen molar-refractivity contribution in [3.8, 4) is 11.1 Å². The molecule has 1 aromatic carbocycles. The first-order chi connectivity index (χ1) is 14.7. The first kappa shape index (κ1) is 21.4. The van der Waals surface area contributed by atoms with Crippen molar-refractivity contribution in [2.75, 3.05) is 0 Å². The van der Waals surface area contributed by atoms with Crippen molar-refractivity contribution in [1.82, 2.24) is 24.5 Å². The first-order valence-corrected chi connectivity index (χ1v) is 11.2. The first-order valence-electron chi connectivity index (χ1n) is 9.71. The zero-order valence-corrected chi connectivity index (χ0v) is 17.1. The molecule has 1 saturated carbocycles. The Kier molecular flexibility index (Phi) is 5.80. The molecule has 0 spiro atoms. The lowest BCUT2D eigenvalue weighted by molar-refractivity contribution is -0.137. The normalized spacial score (nSPS) is 20.0. The second-order valence-corrected chi connectivity index (χ2v) is 9.25. The molecule has 0 amide bonds. The smallest absolute Gasteiger partial charge is 0.317 e. The fraction of sp³-hybridized carbons (Fsp3) is 0.350. The van der Waals surface area contributed by atoms with Crippen LogP contribution in [0.4, 0.5) is 13.2 Å². The number of nitrogens with zero attached hydrogens (tertiary/aromatic N) is 4. The van der Waals surface area contributed by atoms with E-state index < -0.39 is 32.7 Å². The summed E-state index contributed by atoms with van der Waals surface area (Å²) in [6, 6.07) is 5.63. The molecule has 0 saturated heterocycles. The van der Waals surface area contributed by atoms with E-state index in [-0.39, 0.29) is 11.6 Å². The minimum absolute atomic E-state index is 0.0314. The van der Waals surface area contributed by atoms with Crippen LogP contribution in [0.15, 0.2) is 60.3 Å². The molecule has 1 N–H and O–H groups in total. The summed E-state index contributed by atoms with van der Waals surface area (Å²) in [5.41, 5.74) is -0.495. The van der Waals surface area contributed by atoms with Crippen molar-refractivity contribution in [3.63, 3.8) is 0 Å². The van der Waals surface area contributed by atoms with Crippen LogP contribution < -0.4 is 4.72 Å². The summed E-state index contributed by atoms with van der Waals surface area (Å²) in [5, 5.41) is 7.56. The third-order valence-electron chi connectivity index (χ3n) is 5.37. The molecular weight excluding hydrogens is 431 g/mol. The number of aromatic nitrogens is 4. The fourth-order valence-electron chi connectivity index (χ4n) is 3.84. The Morgan fingerprint density at radius 2 is 1.84 bits per heavy atom. The molecule has 1 aliphatic rings. The lowest BCUT2D eigenvalue weighted by Crippen LogP contribution is -2.38. The molecule has 3 aromatic rings. The lowest BCUT2D eigenvalue weighted by Gasteiger charge is -2.30. The van der Waals surface area contributed by atoms with E-state index >= 15 is 0 Å². The molecular formula is C20H20F3N5O2S. The van der Waals surface area contributed by atoms with Crippen molar-refractivity contribution in [2.45, 2.75) is 48.8 Å². The number of alkyl halides is 3. The molecule has 2 heterocycles. The minimum Gasteiger partial charge on any atom is -0.317 e. The van der Waals surface area contributed by atoms with E-state index in [1.165, 1.54) is 18.5 Å². The topological polar surface area (TPSA) is 89.8 Å². The summed E-state index contributed by atoms with van der Waals surface area (Å²) >= 11 is 0. The molecule has 2 aromatic heterocycles. The Bertz CT molecular complexity index is 1140. The van der Waals surface area contributed by atoms with Crippen molar-refractivity contribution in [2.24, 2.45) is 0 Å². The SMILES string of the molecule is O=S(=O)(N[C@H]1CCC[C@@H](n2cnnc2)C1)c1cc(-c2cccnc2)cc(C(F)(F)F)c1. The molecule has 0 aliphatic heterocycles. The Hall–Kier alpha value is -2.79. The summed E-state index contributed by atoms with van der Waals surface area (Å²) in [6.07, 6.45) is 4.09. The predicted octanol–water partition coefficient (Wildman–Crippen LogP) is 3.82. The number of benzene rings is 1. The van der Waals surface area contributed by atoms with E-state index in [9.17, 15) is 21.6 Å². The number of halogens is 3. The number of hydrogen-bond donors (Lipinski definition) is 1. The second kappa shape index (κ2) is 8.39. The maximum absolute atomic E-state index is 13.5. The van der Waals surface area contributed by atoms with E-state index in [4.69, 9.17) is 0 Å². The van der Waals surface area contributed by atoms with E-state index in [1.54, 1.807) is 24.8 Å². The molecule has 0 bridgehead atoms. The van der Waals surface area contributed by atoms with E-state index in [2.05, 4.69) is 19.9 Å². The Balaban J connectivity index is 1.64. The maximum Gasteiger partial charge on any atom is 0.416 e. The molecule has 0 radical (unpaired) electrons. The van der Waals surface area contributed by atoms with Crippen LogP contribution >= 0.6 is 0 Å². The average molecular weight is 451 g/mol. The standard InChI is InChI=1S/C20H20F3N5O2S/c21-20(22,23)16-7-15(14-3-2-6-24-11-14)8-19(9-16)31(29,30)27-17-4-1-5-18(10-17)28-12-25-26-13-28/h2-3,6-9,11-13,17-18,27H,1,4-5,10H2/t17-,18+/m0/s1. The average Bonchev–Trinajstić information content (AvgIpc) is 3.28. The molecule has 11 heteroatoms. The highest BCUT2D eigenvalue weighted by atomic mass is 32.2. The number of sulfonamides is 1. The second-order valence-electron chi connectivity index (χ2n) is 7.53. The summed E-state index contributed by atoms with van der Waals surface area (Å²) < 4.78 is 70.9. The van der Waals surface area contributed by atoms with Gasteiger partial charge in [0.05, 0.1) is 10.5 Å². The predicted molar refractivity (Wildman–Crippen MR) is 106 cm³/mol. The molecule has 164 valence electrons. The van der Waals surface area contributed by atoms with E-state index in [0.29, 0.717) is 24.5 Å². The van der Waals surface area contributed by atoms with Gasteiger partial charge in [0.25, 0.3) is 0 Å². The largest absolute Gasteiger partial charge is 0.416 e. The number of nitrogens with one attached hydrogen (secondary N) is 1. The van der Waals surface area contributed by atoms with Gasteiger partial charge in [-0.2, -0.15) is 13.2 Å². The van der Waals surface area contributed by atoms with Gasteiger partial charge in [-0.1, -0.05) is 6.07 Å². The van der Waals surface area contributed by atoms with Crippen LogP contribution in [-0.4, -0.2) is 34.2 Å².